The van der Waals surface area contributed by atoms with Crippen molar-refractivity contribution in [2.45, 2.75) is 31.3 Å². The van der Waals surface area contributed by atoms with Crippen LogP contribution < -0.4 is 15.5 Å². The summed E-state index contributed by atoms with van der Waals surface area (Å²) in [6.07, 6.45) is 0.839. The van der Waals surface area contributed by atoms with Crippen molar-refractivity contribution in [2.24, 2.45) is 0 Å². The van der Waals surface area contributed by atoms with Gasteiger partial charge in [0.25, 0.3) is 0 Å². The van der Waals surface area contributed by atoms with Gasteiger partial charge in [0.05, 0.1) is 18.7 Å². The Morgan fingerprint density at radius 2 is 1.79 bits per heavy atom. The van der Waals surface area contributed by atoms with Crippen LogP contribution in [0.3, 0.4) is 0 Å². The molecule has 0 aliphatic carbocycles. The maximum Gasteiger partial charge on any atom is 0.326 e. The number of para-hydroxylation sites is 2. The van der Waals surface area contributed by atoms with E-state index in [0.717, 1.165) is 23.4 Å². The largest absolute Gasteiger partial charge is 0.394 e. The number of amides is 4. The van der Waals surface area contributed by atoms with Crippen LogP contribution in [0.15, 0.2) is 54.6 Å². The third-order valence-electron chi connectivity index (χ3n) is 5.72. The van der Waals surface area contributed by atoms with Crippen LogP contribution in [0.4, 0.5) is 21.0 Å². The molecule has 3 N–H and O–H groups in total. The molecule has 2 aliphatic heterocycles. The third kappa shape index (κ3) is 3.42. The lowest BCUT2D eigenvalue weighted by Crippen LogP contribution is -2.72. The van der Waals surface area contributed by atoms with Gasteiger partial charge in [-0.1, -0.05) is 43.3 Å². The average Bonchev–Trinajstić information content (AvgIpc) is 2.73. The second-order valence-electron chi connectivity index (χ2n) is 7.45. The molecule has 2 aromatic rings. The number of hydrogen-bond donors (Lipinski definition) is 3. The topological polar surface area (TPSA) is 84.9 Å². The van der Waals surface area contributed by atoms with E-state index in [0.29, 0.717) is 13.1 Å². The highest BCUT2D eigenvalue weighted by Crippen LogP contribution is 2.48. The third-order valence-corrected chi connectivity index (χ3v) is 5.72. The van der Waals surface area contributed by atoms with Crippen molar-refractivity contribution in [3.63, 3.8) is 0 Å². The zero-order valence-electron chi connectivity index (χ0n) is 16.4. The van der Waals surface area contributed by atoms with Gasteiger partial charge in [0.15, 0.2) is 0 Å². The van der Waals surface area contributed by atoms with Crippen LogP contribution in [0.2, 0.25) is 0 Å². The van der Waals surface area contributed by atoms with E-state index in [1.807, 2.05) is 61.5 Å². The standard InChI is InChI=1S/C22H26N4O3/c1-2-12-23-21(28)26-18-13-25(22(29)24-15-8-4-3-5-9-15)17-11-7-6-10-16(17)20(18)19(26)14-27/h3-11,18-20,27H,2,12-14H2,1H3,(H,23,28)(H,24,29)/t18-,19+,20+/m0/s1. The number of rotatable bonds is 4. The Bertz CT molecular complexity index is 889. The van der Waals surface area contributed by atoms with Gasteiger partial charge in [-0.25, -0.2) is 9.59 Å². The highest BCUT2D eigenvalue weighted by molar-refractivity contribution is 6.03. The zero-order chi connectivity index (χ0) is 20.4. The average molecular weight is 394 g/mol. The number of nitrogens with zero attached hydrogens (tertiary/aromatic N) is 2. The van der Waals surface area contributed by atoms with Gasteiger partial charge in [-0.05, 0) is 30.2 Å². The number of aliphatic hydroxyl groups excluding tert-OH is 1. The SMILES string of the molecule is CCCNC(=O)N1[C@H](CO)[C@@H]2c3ccccc3N(C(=O)Nc3ccccc3)C[C@@H]21. The zero-order valence-corrected chi connectivity index (χ0v) is 16.4. The van der Waals surface area contributed by atoms with Gasteiger partial charge in [-0.2, -0.15) is 0 Å². The van der Waals surface area contributed by atoms with Gasteiger partial charge in [-0.3, -0.25) is 4.90 Å². The fraction of sp³-hybridized carbons (Fsp3) is 0.364. The van der Waals surface area contributed by atoms with Crippen molar-refractivity contribution < 1.29 is 14.7 Å². The number of aliphatic hydroxyl groups is 1. The fourth-order valence-electron chi connectivity index (χ4n) is 4.39. The predicted octanol–water partition coefficient (Wildman–Crippen LogP) is 2.99. The molecule has 0 saturated carbocycles. The molecule has 1 fully saturated rings. The van der Waals surface area contributed by atoms with Gasteiger partial charge < -0.3 is 20.6 Å². The summed E-state index contributed by atoms with van der Waals surface area (Å²) in [7, 11) is 0. The first-order valence-electron chi connectivity index (χ1n) is 10.0. The molecule has 0 bridgehead atoms. The summed E-state index contributed by atoms with van der Waals surface area (Å²) in [5, 5.41) is 15.8. The van der Waals surface area contributed by atoms with E-state index in [9.17, 15) is 14.7 Å². The summed E-state index contributed by atoms with van der Waals surface area (Å²) in [6.45, 7) is 2.86. The smallest absolute Gasteiger partial charge is 0.326 e. The first-order valence-corrected chi connectivity index (χ1v) is 10.0. The molecule has 152 valence electrons. The molecular weight excluding hydrogens is 368 g/mol. The van der Waals surface area contributed by atoms with Crippen LogP contribution in [-0.2, 0) is 0 Å². The van der Waals surface area contributed by atoms with Gasteiger partial charge in [0.1, 0.15) is 0 Å². The molecule has 0 unspecified atom stereocenters. The molecule has 2 aliphatic rings. The van der Waals surface area contributed by atoms with Crippen LogP contribution in [0.1, 0.15) is 24.8 Å². The van der Waals surface area contributed by atoms with Gasteiger partial charge in [0, 0.05) is 30.4 Å². The second kappa shape index (κ2) is 8.13. The van der Waals surface area contributed by atoms with Gasteiger partial charge in [0.2, 0.25) is 0 Å². The van der Waals surface area contributed by atoms with Crippen molar-refractivity contribution >= 4 is 23.4 Å². The lowest BCUT2D eigenvalue weighted by Gasteiger charge is -2.58. The van der Waals surface area contributed by atoms with Crippen LogP contribution in [0.25, 0.3) is 0 Å². The summed E-state index contributed by atoms with van der Waals surface area (Å²) in [4.78, 5) is 29.1. The van der Waals surface area contributed by atoms with E-state index >= 15 is 0 Å². The lowest BCUT2D eigenvalue weighted by atomic mass is 9.72. The normalized spacial score (nSPS) is 22.2. The minimum Gasteiger partial charge on any atom is -0.394 e. The summed E-state index contributed by atoms with van der Waals surface area (Å²) in [5.74, 6) is 0.0179. The Hall–Kier alpha value is -3.06. The Morgan fingerprint density at radius 3 is 2.52 bits per heavy atom. The van der Waals surface area contributed by atoms with E-state index < -0.39 is 0 Å². The number of carbonyl (C=O) groups excluding carboxylic acids is 2. The number of nitrogens with one attached hydrogen (secondary N) is 2. The highest BCUT2D eigenvalue weighted by Gasteiger charge is 2.55. The molecular formula is C22H26N4O3. The molecule has 2 aromatic carbocycles. The van der Waals surface area contributed by atoms with E-state index in [1.165, 1.54) is 0 Å². The maximum atomic E-state index is 13.1. The van der Waals surface area contributed by atoms with Gasteiger partial charge >= 0.3 is 12.1 Å². The number of likely N-dealkylation sites (tertiary alicyclic amines) is 1. The van der Waals surface area contributed by atoms with E-state index in [-0.39, 0.29) is 36.7 Å². The van der Waals surface area contributed by atoms with E-state index in [4.69, 9.17) is 0 Å². The Morgan fingerprint density at radius 1 is 1.07 bits per heavy atom. The van der Waals surface area contributed by atoms with E-state index in [1.54, 1.807) is 9.80 Å². The molecule has 4 rings (SSSR count). The first-order chi connectivity index (χ1) is 14.2. The van der Waals surface area contributed by atoms with Crippen LogP contribution >= 0.6 is 0 Å². The number of fused-ring (bicyclic) bond motifs is 3. The number of urea groups is 2. The number of carbonyl (C=O) groups is 2. The van der Waals surface area contributed by atoms with E-state index in [2.05, 4.69) is 10.6 Å². The van der Waals surface area contributed by atoms with Crippen LogP contribution in [-0.4, -0.2) is 53.8 Å². The minimum absolute atomic E-state index is 0.0179. The van der Waals surface area contributed by atoms with Crippen molar-refractivity contribution in [3.05, 3.63) is 60.2 Å². The Balaban J connectivity index is 1.62. The second-order valence-corrected chi connectivity index (χ2v) is 7.45. The van der Waals surface area contributed by atoms with Crippen molar-refractivity contribution in [3.8, 4) is 0 Å². The molecule has 7 heteroatoms. The molecule has 2 heterocycles. The minimum atomic E-state index is -0.280. The maximum absolute atomic E-state index is 13.1. The van der Waals surface area contributed by atoms with Crippen LogP contribution in [0.5, 0.6) is 0 Å². The predicted molar refractivity (Wildman–Crippen MR) is 112 cm³/mol. The first kappa shape index (κ1) is 19.3. The molecule has 0 aromatic heterocycles. The molecule has 1 saturated heterocycles. The summed E-state index contributed by atoms with van der Waals surface area (Å²) in [5.41, 5.74) is 2.54. The number of anilines is 2. The quantitative estimate of drug-likeness (QED) is 0.745. The Labute approximate surface area is 170 Å². The summed E-state index contributed by atoms with van der Waals surface area (Å²) in [6, 6.07) is 16.2. The van der Waals surface area contributed by atoms with Crippen LogP contribution in [0, 0.1) is 0 Å². The number of benzene rings is 2. The number of hydrogen-bond acceptors (Lipinski definition) is 3. The summed E-state index contributed by atoms with van der Waals surface area (Å²) < 4.78 is 0. The molecule has 4 amide bonds. The highest BCUT2D eigenvalue weighted by atomic mass is 16.3. The van der Waals surface area contributed by atoms with Crippen molar-refractivity contribution in [2.75, 3.05) is 29.9 Å². The van der Waals surface area contributed by atoms with Crippen molar-refractivity contribution in [1.82, 2.24) is 10.2 Å². The lowest BCUT2D eigenvalue weighted by molar-refractivity contribution is -0.00673. The monoisotopic (exact) mass is 394 g/mol. The molecule has 0 spiro atoms. The molecule has 29 heavy (non-hydrogen) atoms. The molecule has 3 atom stereocenters. The summed E-state index contributed by atoms with van der Waals surface area (Å²) >= 11 is 0. The van der Waals surface area contributed by atoms with Crippen molar-refractivity contribution in [1.29, 1.82) is 0 Å². The fourth-order valence-corrected chi connectivity index (χ4v) is 4.39. The molecule has 7 nitrogen and oxygen atoms in total. The Kier molecular flexibility index (Phi) is 5.40. The van der Waals surface area contributed by atoms with Gasteiger partial charge in [-0.15, -0.1) is 0 Å². The molecule has 0 radical (unpaired) electrons.